The van der Waals surface area contributed by atoms with E-state index < -0.39 is 12.0 Å². The van der Waals surface area contributed by atoms with E-state index in [1.807, 2.05) is 0 Å². The molecular formula is C15H16N2O4. The summed E-state index contributed by atoms with van der Waals surface area (Å²) >= 11 is 0. The van der Waals surface area contributed by atoms with Crippen molar-refractivity contribution in [2.45, 2.75) is 25.3 Å². The summed E-state index contributed by atoms with van der Waals surface area (Å²) < 4.78 is 0. The molecule has 2 rings (SSSR count). The van der Waals surface area contributed by atoms with Gasteiger partial charge in [0.25, 0.3) is 0 Å². The highest BCUT2D eigenvalue weighted by atomic mass is 16.4. The van der Waals surface area contributed by atoms with Gasteiger partial charge in [0.15, 0.2) is 5.36 Å². The molecule has 0 aliphatic carbocycles. The molecule has 0 bridgehead atoms. The second kappa shape index (κ2) is 6.41. The molecule has 0 saturated heterocycles. The second-order valence-corrected chi connectivity index (χ2v) is 4.87. The van der Waals surface area contributed by atoms with Gasteiger partial charge in [-0.3, -0.25) is 19.4 Å². The van der Waals surface area contributed by atoms with Gasteiger partial charge >= 0.3 is 5.97 Å². The van der Waals surface area contributed by atoms with Crippen LogP contribution in [0, 0.1) is 0 Å². The van der Waals surface area contributed by atoms with Crippen LogP contribution in [0.1, 0.15) is 19.3 Å². The first kappa shape index (κ1) is 15.1. The third-order valence-corrected chi connectivity index (χ3v) is 3.36. The van der Waals surface area contributed by atoms with E-state index in [0.717, 1.165) is 0 Å². The predicted octanol–water partition coefficient (Wildman–Crippen LogP) is -0.0813. The summed E-state index contributed by atoms with van der Waals surface area (Å²) in [6.45, 7) is 0.313. The summed E-state index contributed by atoms with van der Waals surface area (Å²) in [6, 6.07) is 5.77. The van der Waals surface area contributed by atoms with Crippen molar-refractivity contribution in [2.24, 2.45) is 10.7 Å². The number of benzene rings is 1. The number of hydrogen-bond acceptors (Lipinski definition) is 5. The van der Waals surface area contributed by atoms with Crippen molar-refractivity contribution in [3.63, 3.8) is 0 Å². The van der Waals surface area contributed by atoms with Crippen molar-refractivity contribution in [3.05, 3.63) is 50.1 Å². The van der Waals surface area contributed by atoms with Gasteiger partial charge in [-0.05, 0) is 19.3 Å². The summed E-state index contributed by atoms with van der Waals surface area (Å²) in [4.78, 5) is 38.7. The number of unbranched alkanes of at least 4 members (excludes halogenated alkanes) is 1. The van der Waals surface area contributed by atoms with Crippen LogP contribution in [0.25, 0.3) is 10.8 Å². The molecule has 3 N–H and O–H groups in total. The van der Waals surface area contributed by atoms with Crippen LogP contribution in [0.4, 0.5) is 0 Å². The van der Waals surface area contributed by atoms with Crippen molar-refractivity contribution in [3.8, 4) is 0 Å². The molecule has 6 nitrogen and oxygen atoms in total. The number of carboxylic acid groups (broad SMARTS) is 1. The lowest BCUT2D eigenvalue weighted by Gasteiger charge is -2.03. The minimum atomic E-state index is -1.03. The molecule has 110 valence electrons. The highest BCUT2D eigenvalue weighted by Crippen LogP contribution is 2.02. The van der Waals surface area contributed by atoms with Crippen molar-refractivity contribution < 1.29 is 9.90 Å². The fourth-order valence-electron chi connectivity index (χ4n) is 2.17. The monoisotopic (exact) mass is 288 g/mol. The molecule has 0 radical (unpaired) electrons. The number of aliphatic carboxylic acids is 1. The number of carbonyl (C=O) groups is 1. The SMILES string of the molecule is NC(CCCCN=c1c(=O)c2ccccc2c1=O)C(=O)O. The Kier molecular flexibility index (Phi) is 4.59. The van der Waals surface area contributed by atoms with Crippen LogP contribution in [-0.2, 0) is 4.79 Å². The molecule has 21 heavy (non-hydrogen) atoms. The Morgan fingerprint density at radius 3 is 2.24 bits per heavy atom. The van der Waals surface area contributed by atoms with E-state index in [1.165, 1.54) is 0 Å². The van der Waals surface area contributed by atoms with Crippen molar-refractivity contribution in [2.75, 3.05) is 6.54 Å². The van der Waals surface area contributed by atoms with Crippen molar-refractivity contribution in [1.82, 2.24) is 0 Å². The fraction of sp³-hybridized carbons (Fsp3) is 0.333. The normalized spacial score (nSPS) is 12.4. The largest absolute Gasteiger partial charge is 0.480 e. The van der Waals surface area contributed by atoms with E-state index in [0.29, 0.717) is 36.6 Å². The lowest BCUT2D eigenvalue weighted by atomic mass is 10.1. The van der Waals surface area contributed by atoms with Gasteiger partial charge in [-0.2, -0.15) is 0 Å². The molecule has 0 saturated carbocycles. The van der Waals surface area contributed by atoms with E-state index >= 15 is 0 Å². The smallest absolute Gasteiger partial charge is 0.320 e. The molecule has 0 aliphatic rings. The number of rotatable bonds is 6. The lowest BCUT2D eigenvalue weighted by molar-refractivity contribution is -0.138. The zero-order valence-corrected chi connectivity index (χ0v) is 11.4. The maximum atomic E-state index is 12.0. The topological polar surface area (TPSA) is 110 Å². The molecule has 0 aromatic heterocycles. The quantitative estimate of drug-likeness (QED) is 0.722. The minimum Gasteiger partial charge on any atom is -0.480 e. The van der Waals surface area contributed by atoms with Crippen LogP contribution in [0.2, 0.25) is 0 Å². The summed E-state index contributed by atoms with van der Waals surface area (Å²) in [5.41, 5.74) is 4.71. The highest BCUT2D eigenvalue weighted by Gasteiger charge is 2.11. The van der Waals surface area contributed by atoms with Crippen LogP contribution in [0.3, 0.4) is 0 Å². The Bertz CT molecular complexity index is 753. The lowest BCUT2D eigenvalue weighted by Crippen LogP contribution is -2.32. The third-order valence-electron chi connectivity index (χ3n) is 3.36. The summed E-state index contributed by atoms with van der Waals surface area (Å²) in [7, 11) is 0. The summed E-state index contributed by atoms with van der Waals surface area (Å²) in [5, 5.41) is 9.40. The molecule has 0 amide bonds. The Labute approximate surface area is 120 Å². The molecule has 0 aliphatic heterocycles. The Morgan fingerprint density at radius 2 is 1.71 bits per heavy atom. The first-order chi connectivity index (χ1) is 10.0. The molecule has 1 atom stereocenters. The van der Waals surface area contributed by atoms with E-state index in [4.69, 9.17) is 10.8 Å². The van der Waals surface area contributed by atoms with Crippen LogP contribution in [0.15, 0.2) is 38.8 Å². The Hall–Kier alpha value is -2.34. The minimum absolute atomic E-state index is 0.0290. The van der Waals surface area contributed by atoms with Gasteiger partial charge in [-0.1, -0.05) is 24.3 Å². The van der Waals surface area contributed by atoms with Gasteiger partial charge in [0.2, 0.25) is 10.9 Å². The zero-order chi connectivity index (χ0) is 15.4. The van der Waals surface area contributed by atoms with Gasteiger partial charge < -0.3 is 10.8 Å². The third kappa shape index (κ3) is 3.22. The number of nitrogens with two attached hydrogens (primary N) is 1. The van der Waals surface area contributed by atoms with E-state index in [2.05, 4.69) is 4.99 Å². The van der Waals surface area contributed by atoms with Crippen LogP contribution >= 0.6 is 0 Å². The first-order valence-corrected chi connectivity index (χ1v) is 6.73. The summed E-state index contributed by atoms with van der Waals surface area (Å²) in [5.74, 6) is -1.03. The molecular weight excluding hydrogens is 272 g/mol. The molecule has 2 aromatic carbocycles. The van der Waals surface area contributed by atoms with Crippen LogP contribution in [-0.4, -0.2) is 23.7 Å². The fourth-order valence-corrected chi connectivity index (χ4v) is 2.17. The van der Waals surface area contributed by atoms with Gasteiger partial charge in [-0.25, -0.2) is 0 Å². The molecule has 2 aromatic rings. The number of fused-ring (bicyclic) bond motifs is 1. The number of carboxylic acids is 1. The standard InChI is InChI=1S/C15H16N2O4/c16-11(15(20)21)7-3-4-8-17-12-13(18)9-5-1-2-6-10(9)14(12)19/h1-2,5-6,11H,3-4,7-8,16H2,(H,20,21). The zero-order valence-electron chi connectivity index (χ0n) is 11.4. The molecule has 1 unspecified atom stereocenters. The number of hydrogen-bond donors (Lipinski definition) is 2. The number of nitrogens with zero attached hydrogens (tertiary/aromatic N) is 1. The second-order valence-electron chi connectivity index (χ2n) is 4.87. The van der Waals surface area contributed by atoms with Gasteiger partial charge in [0, 0.05) is 17.3 Å². The van der Waals surface area contributed by atoms with E-state index in [-0.39, 0.29) is 16.2 Å². The first-order valence-electron chi connectivity index (χ1n) is 6.73. The maximum absolute atomic E-state index is 12.0. The Balaban J connectivity index is 2.08. The highest BCUT2D eigenvalue weighted by molar-refractivity contribution is 5.83. The van der Waals surface area contributed by atoms with Crippen LogP contribution < -0.4 is 21.9 Å². The molecule has 0 heterocycles. The van der Waals surface area contributed by atoms with Crippen molar-refractivity contribution >= 4 is 16.7 Å². The van der Waals surface area contributed by atoms with E-state index in [9.17, 15) is 14.4 Å². The molecule has 0 spiro atoms. The average molecular weight is 288 g/mol. The average Bonchev–Trinajstić information content (AvgIpc) is 2.71. The van der Waals surface area contributed by atoms with Crippen LogP contribution in [0.5, 0.6) is 0 Å². The van der Waals surface area contributed by atoms with Gasteiger partial charge in [0.1, 0.15) is 6.04 Å². The molecule has 0 fully saturated rings. The Morgan fingerprint density at radius 1 is 1.14 bits per heavy atom. The van der Waals surface area contributed by atoms with Gasteiger partial charge in [0.05, 0.1) is 0 Å². The molecule has 6 heteroatoms. The maximum Gasteiger partial charge on any atom is 0.320 e. The van der Waals surface area contributed by atoms with Crippen molar-refractivity contribution in [1.29, 1.82) is 0 Å². The summed E-state index contributed by atoms with van der Waals surface area (Å²) in [6.07, 6.45) is 1.52. The predicted molar refractivity (Wildman–Crippen MR) is 78.8 cm³/mol. The van der Waals surface area contributed by atoms with Gasteiger partial charge in [-0.15, -0.1) is 0 Å². The van der Waals surface area contributed by atoms with E-state index in [1.54, 1.807) is 24.3 Å².